The topological polar surface area (TPSA) is 241 Å². The predicted molar refractivity (Wildman–Crippen MR) is 259 cm³/mol. The zero-order valence-corrected chi connectivity index (χ0v) is 42.0. The van der Waals surface area contributed by atoms with Crippen molar-refractivity contribution in [1.82, 2.24) is 5.32 Å². The third-order valence-corrected chi connectivity index (χ3v) is 12.3. The Labute approximate surface area is 429 Å². The Morgan fingerprint density at radius 3 is 1.53 bits per heavy atom. The zero-order chi connectivity index (χ0) is 52.7. The molecule has 0 aromatic heterocycles. The number of aliphatic hydroxyl groups excluding tert-OH is 2. The van der Waals surface area contributed by atoms with Crippen molar-refractivity contribution in [2.24, 2.45) is 0 Å². The molecular formula is C54H65NO19. The minimum Gasteiger partial charge on any atom is -0.497 e. The molecule has 15 atom stereocenters. The molecule has 0 aliphatic carbocycles. The number of rotatable bonds is 22. The molecule has 74 heavy (non-hydrogen) atoms. The number of hydrogen-bond acceptors (Lipinski definition) is 19. The minimum absolute atomic E-state index is 0.0107. The van der Waals surface area contributed by atoms with Gasteiger partial charge < -0.3 is 77.1 Å². The fourth-order valence-corrected chi connectivity index (χ4v) is 8.91. The second-order valence-electron chi connectivity index (χ2n) is 17.9. The van der Waals surface area contributed by atoms with Crippen LogP contribution in [0.2, 0.25) is 0 Å². The average molecular weight is 1030 g/mol. The fraction of sp³-hybridized carbons (Fsp3) is 0.481. The first-order valence-corrected chi connectivity index (χ1v) is 24.3. The molecule has 3 fully saturated rings. The number of amides is 1. The van der Waals surface area contributed by atoms with Crippen LogP contribution in [0.25, 0.3) is 0 Å². The van der Waals surface area contributed by atoms with Crippen molar-refractivity contribution in [3.63, 3.8) is 0 Å². The number of esters is 3. The molecule has 20 heteroatoms. The van der Waals surface area contributed by atoms with Crippen LogP contribution in [-0.2, 0) is 91.1 Å². The van der Waals surface area contributed by atoms with Gasteiger partial charge in [0.1, 0.15) is 73.0 Å². The summed E-state index contributed by atoms with van der Waals surface area (Å²) in [6.07, 6.45) is -18.6. The summed E-state index contributed by atoms with van der Waals surface area (Å²) in [6.45, 7) is 5.21. The molecule has 0 spiro atoms. The third kappa shape index (κ3) is 15.1. The van der Waals surface area contributed by atoms with Crippen molar-refractivity contribution in [2.45, 2.75) is 146 Å². The highest BCUT2D eigenvalue weighted by atomic mass is 16.8. The van der Waals surface area contributed by atoms with Crippen molar-refractivity contribution in [3.05, 3.63) is 132 Å². The Morgan fingerprint density at radius 1 is 0.541 bits per heavy atom. The van der Waals surface area contributed by atoms with Crippen molar-refractivity contribution in [2.75, 3.05) is 20.3 Å². The number of aliphatic hydroxyl groups is 2. The quantitative estimate of drug-likeness (QED) is 0.0742. The largest absolute Gasteiger partial charge is 0.497 e. The summed E-state index contributed by atoms with van der Waals surface area (Å²) in [6, 6.07) is 33.3. The Balaban J connectivity index is 1.34. The molecule has 3 saturated heterocycles. The minimum atomic E-state index is -1.60. The molecule has 0 saturated carbocycles. The molecule has 3 aliphatic rings. The lowest BCUT2D eigenvalue weighted by atomic mass is 9.94. The predicted octanol–water partition coefficient (Wildman–Crippen LogP) is 4.08. The first-order valence-electron chi connectivity index (χ1n) is 24.3. The maximum Gasteiger partial charge on any atom is 0.303 e. The summed E-state index contributed by atoms with van der Waals surface area (Å²) in [5, 5.41) is 25.4. The molecule has 0 bridgehead atoms. The first-order chi connectivity index (χ1) is 35.7. The van der Waals surface area contributed by atoms with E-state index in [2.05, 4.69) is 5.32 Å². The molecule has 4 aromatic carbocycles. The molecular weight excluding hydrogens is 967 g/mol. The Morgan fingerprint density at radius 2 is 1.03 bits per heavy atom. The number of carbonyl (C=O) groups excluding carboxylic acids is 4. The van der Waals surface area contributed by atoms with Crippen LogP contribution in [0, 0.1) is 0 Å². The number of ether oxygens (including phenoxy) is 13. The molecule has 0 radical (unpaired) electrons. The molecule has 0 unspecified atom stereocenters. The van der Waals surface area contributed by atoms with Gasteiger partial charge in [0, 0.05) is 27.7 Å². The molecule has 3 N–H and O–H groups in total. The molecule has 3 heterocycles. The fourth-order valence-electron chi connectivity index (χ4n) is 8.91. The summed E-state index contributed by atoms with van der Waals surface area (Å²) < 4.78 is 82.5. The number of benzene rings is 4. The Bertz CT molecular complexity index is 2380. The zero-order valence-electron chi connectivity index (χ0n) is 42.0. The van der Waals surface area contributed by atoms with E-state index in [1.807, 2.05) is 91.0 Å². The van der Waals surface area contributed by atoms with E-state index in [1.165, 1.54) is 21.0 Å². The highest BCUT2D eigenvalue weighted by molar-refractivity contribution is 5.73. The highest BCUT2D eigenvalue weighted by Crippen LogP contribution is 2.38. The lowest BCUT2D eigenvalue weighted by Gasteiger charge is -2.51. The summed E-state index contributed by atoms with van der Waals surface area (Å²) in [5.41, 5.74) is 2.33. The summed E-state index contributed by atoms with van der Waals surface area (Å²) in [4.78, 5) is 50.7. The van der Waals surface area contributed by atoms with Crippen LogP contribution in [0.3, 0.4) is 0 Å². The van der Waals surface area contributed by atoms with Crippen LogP contribution in [0.5, 0.6) is 11.5 Å². The van der Waals surface area contributed by atoms with Crippen molar-refractivity contribution >= 4 is 23.8 Å². The number of carbonyl (C=O) groups is 4. The van der Waals surface area contributed by atoms with Crippen LogP contribution in [0.4, 0.5) is 0 Å². The van der Waals surface area contributed by atoms with E-state index < -0.39 is 129 Å². The summed E-state index contributed by atoms with van der Waals surface area (Å²) in [5.74, 6) is -1.97. The summed E-state index contributed by atoms with van der Waals surface area (Å²) >= 11 is 0. The van der Waals surface area contributed by atoms with Crippen LogP contribution >= 0.6 is 0 Å². The molecule has 7 rings (SSSR count). The van der Waals surface area contributed by atoms with Gasteiger partial charge in [-0.1, -0.05) is 91.0 Å². The van der Waals surface area contributed by atoms with Gasteiger partial charge in [-0.3, -0.25) is 19.2 Å². The standard InChI is InChI=1S/C54H65NO19/c1-31-45(73-52-43(55-32(2)57)47(69-35(5)60)46(68-34(4)59)42(72-52)30-63-33(3)58)49(51(66-29-38-20-14-9-15-21-38)53(67-31)70-40-24-22-39(62-6)23-25-40)74-54-50(65-28-37-18-12-8-13-19-37)48(44(61)41(26-56)71-54)64-27-36-16-10-7-11-17-36/h7-25,31,41-54,56,61H,26-30H2,1-6H3,(H,55,57)/t31-,41+,42+,43+,44+,45+,46+,47+,48-,49+,50+,51-,52-,53+,54+/m0/s1. The van der Waals surface area contributed by atoms with Gasteiger partial charge in [-0.15, -0.1) is 0 Å². The molecule has 20 nitrogen and oxygen atoms in total. The van der Waals surface area contributed by atoms with Gasteiger partial charge in [0.2, 0.25) is 12.2 Å². The lowest BCUT2D eigenvalue weighted by molar-refractivity contribution is -0.381. The van der Waals surface area contributed by atoms with Gasteiger partial charge in [-0.05, 0) is 47.9 Å². The van der Waals surface area contributed by atoms with Gasteiger partial charge in [0.15, 0.2) is 24.8 Å². The van der Waals surface area contributed by atoms with Gasteiger partial charge in [0.25, 0.3) is 0 Å². The smallest absolute Gasteiger partial charge is 0.303 e. The van der Waals surface area contributed by atoms with E-state index in [4.69, 9.17) is 61.6 Å². The van der Waals surface area contributed by atoms with Crippen molar-refractivity contribution < 1.29 is 91.0 Å². The van der Waals surface area contributed by atoms with E-state index in [1.54, 1.807) is 31.2 Å². The normalized spacial score (nSPS) is 29.8. The average Bonchev–Trinajstić information content (AvgIpc) is 3.39. The molecule has 1 amide bonds. The molecule has 4 aromatic rings. The highest BCUT2D eigenvalue weighted by Gasteiger charge is 2.57. The number of nitrogens with one attached hydrogen (secondary N) is 1. The van der Waals surface area contributed by atoms with Crippen LogP contribution in [0.15, 0.2) is 115 Å². The number of methoxy groups -OCH3 is 1. The monoisotopic (exact) mass is 1030 g/mol. The molecule has 3 aliphatic heterocycles. The number of hydrogen-bond donors (Lipinski definition) is 3. The van der Waals surface area contributed by atoms with E-state index in [0.717, 1.165) is 30.5 Å². The van der Waals surface area contributed by atoms with E-state index in [0.29, 0.717) is 11.5 Å². The Kier molecular flexibility index (Phi) is 20.3. The van der Waals surface area contributed by atoms with E-state index in [-0.39, 0.29) is 19.8 Å². The SMILES string of the molecule is COc1ccc(O[C@H]2O[C@@H](C)[C@@H](O[C@@H]3O[C@H](COC(C)=O)[C@@H](OC(C)=O)[C@H](OC(C)=O)[C@H]3NC(C)=O)[C@@H](O[C@H]3O[C@H](CO)[C@@H](O)[C@H](OCc4ccccc4)[C@H]3OCc3ccccc3)[C@@H]2OCc2ccccc2)cc1. The van der Waals surface area contributed by atoms with Crippen LogP contribution in [-0.4, -0.2) is 146 Å². The van der Waals surface area contributed by atoms with Gasteiger partial charge in [0.05, 0.1) is 39.6 Å². The Hall–Kier alpha value is -6.04. The lowest BCUT2D eigenvalue weighted by Crippen LogP contribution is -2.69. The van der Waals surface area contributed by atoms with Gasteiger partial charge >= 0.3 is 17.9 Å². The van der Waals surface area contributed by atoms with Gasteiger partial charge in [-0.2, -0.15) is 0 Å². The van der Waals surface area contributed by atoms with Crippen LogP contribution < -0.4 is 14.8 Å². The van der Waals surface area contributed by atoms with E-state index in [9.17, 15) is 29.4 Å². The second kappa shape index (κ2) is 27.0. The van der Waals surface area contributed by atoms with E-state index >= 15 is 0 Å². The maximum atomic E-state index is 13.1. The molecule has 400 valence electrons. The first kappa shape index (κ1) is 55.7. The van der Waals surface area contributed by atoms with Crippen molar-refractivity contribution in [1.29, 1.82) is 0 Å². The maximum absolute atomic E-state index is 13.1. The van der Waals surface area contributed by atoms with Crippen molar-refractivity contribution in [3.8, 4) is 11.5 Å². The second-order valence-corrected chi connectivity index (χ2v) is 17.9. The van der Waals surface area contributed by atoms with Crippen LogP contribution in [0.1, 0.15) is 51.3 Å². The summed E-state index contributed by atoms with van der Waals surface area (Å²) in [7, 11) is 1.54. The van der Waals surface area contributed by atoms with Gasteiger partial charge in [-0.25, -0.2) is 0 Å². The third-order valence-electron chi connectivity index (χ3n) is 12.3.